The monoisotopic (exact) mass is 371 g/mol. The standard InChI is InChI=1S/C22H17N3O3/c26-21(24-18-9-11-23-12-10-18)13-15-5-7-17(8-6-15)25-22(27)20-14-16-3-1-2-4-19(16)28-20/h1-12,14H,13H2,(H,25,27)(H,23,24,26). The molecule has 6 heteroatoms. The van der Waals surface area contributed by atoms with Gasteiger partial charge in [0.05, 0.1) is 6.42 Å². The minimum Gasteiger partial charge on any atom is -0.451 e. The summed E-state index contributed by atoms with van der Waals surface area (Å²) < 4.78 is 5.57. The smallest absolute Gasteiger partial charge is 0.291 e. The van der Waals surface area contributed by atoms with Gasteiger partial charge in [0, 0.05) is 29.2 Å². The Morgan fingerprint density at radius 3 is 2.32 bits per heavy atom. The zero-order chi connectivity index (χ0) is 19.3. The molecule has 2 amide bonds. The Balaban J connectivity index is 1.37. The highest BCUT2D eigenvalue weighted by atomic mass is 16.3. The zero-order valence-corrected chi connectivity index (χ0v) is 14.9. The van der Waals surface area contributed by atoms with Crippen LogP contribution < -0.4 is 10.6 Å². The van der Waals surface area contributed by atoms with Gasteiger partial charge < -0.3 is 15.1 Å². The Bertz CT molecular complexity index is 1090. The van der Waals surface area contributed by atoms with Crippen molar-refractivity contribution in [2.75, 3.05) is 10.6 Å². The third kappa shape index (κ3) is 4.07. The molecule has 0 spiro atoms. The quantitative estimate of drug-likeness (QED) is 0.549. The van der Waals surface area contributed by atoms with Crippen molar-refractivity contribution in [1.29, 1.82) is 0 Å². The molecule has 138 valence electrons. The first kappa shape index (κ1) is 17.5. The lowest BCUT2D eigenvalue weighted by molar-refractivity contribution is -0.115. The second-order valence-electron chi connectivity index (χ2n) is 6.26. The fourth-order valence-corrected chi connectivity index (χ4v) is 2.82. The van der Waals surface area contributed by atoms with Crippen LogP contribution in [0, 0.1) is 0 Å². The Kier molecular flexibility index (Phi) is 4.84. The molecule has 0 radical (unpaired) electrons. The van der Waals surface area contributed by atoms with Gasteiger partial charge in [-0.2, -0.15) is 0 Å². The molecule has 6 nitrogen and oxygen atoms in total. The average Bonchev–Trinajstić information content (AvgIpc) is 3.15. The number of carbonyl (C=O) groups excluding carboxylic acids is 2. The van der Waals surface area contributed by atoms with E-state index in [4.69, 9.17) is 4.42 Å². The number of benzene rings is 2. The molecule has 0 atom stereocenters. The van der Waals surface area contributed by atoms with Crippen LogP contribution in [-0.2, 0) is 11.2 Å². The summed E-state index contributed by atoms with van der Waals surface area (Å²) in [6.07, 6.45) is 3.48. The van der Waals surface area contributed by atoms with Crippen LogP contribution in [0.25, 0.3) is 11.0 Å². The maximum absolute atomic E-state index is 12.4. The summed E-state index contributed by atoms with van der Waals surface area (Å²) >= 11 is 0. The van der Waals surface area contributed by atoms with Crippen LogP contribution >= 0.6 is 0 Å². The molecule has 0 aliphatic carbocycles. The Morgan fingerprint density at radius 2 is 1.57 bits per heavy atom. The first-order valence-electron chi connectivity index (χ1n) is 8.76. The van der Waals surface area contributed by atoms with Crippen LogP contribution in [0.4, 0.5) is 11.4 Å². The van der Waals surface area contributed by atoms with Crippen molar-refractivity contribution in [1.82, 2.24) is 4.98 Å². The number of fused-ring (bicyclic) bond motifs is 1. The van der Waals surface area contributed by atoms with E-state index >= 15 is 0 Å². The molecule has 2 heterocycles. The summed E-state index contributed by atoms with van der Waals surface area (Å²) in [6.45, 7) is 0. The molecule has 0 fully saturated rings. The van der Waals surface area contributed by atoms with Crippen LogP contribution in [0.15, 0.2) is 83.5 Å². The molecule has 4 aromatic rings. The second-order valence-corrected chi connectivity index (χ2v) is 6.26. The summed E-state index contributed by atoms with van der Waals surface area (Å²) in [6, 6.07) is 19.8. The number of furan rings is 1. The van der Waals surface area contributed by atoms with Gasteiger partial charge >= 0.3 is 0 Å². The molecule has 0 saturated carbocycles. The molecule has 28 heavy (non-hydrogen) atoms. The molecule has 2 aromatic carbocycles. The molecular weight excluding hydrogens is 354 g/mol. The SMILES string of the molecule is O=C(Cc1ccc(NC(=O)c2cc3ccccc3o2)cc1)Nc1ccncc1. The van der Waals surface area contributed by atoms with Gasteiger partial charge in [-0.3, -0.25) is 14.6 Å². The topological polar surface area (TPSA) is 84.2 Å². The van der Waals surface area contributed by atoms with Crippen molar-refractivity contribution in [2.45, 2.75) is 6.42 Å². The van der Waals surface area contributed by atoms with E-state index in [0.29, 0.717) is 17.0 Å². The third-order valence-corrected chi connectivity index (χ3v) is 4.19. The maximum Gasteiger partial charge on any atom is 0.291 e. The van der Waals surface area contributed by atoms with E-state index in [-0.39, 0.29) is 24.0 Å². The van der Waals surface area contributed by atoms with Gasteiger partial charge in [-0.15, -0.1) is 0 Å². The first-order chi connectivity index (χ1) is 13.7. The number of para-hydroxylation sites is 1. The van der Waals surface area contributed by atoms with E-state index in [2.05, 4.69) is 15.6 Å². The number of rotatable bonds is 5. The predicted octanol–water partition coefficient (Wildman–Crippen LogP) is 4.26. The van der Waals surface area contributed by atoms with Crippen molar-refractivity contribution in [3.05, 3.63) is 90.4 Å². The van der Waals surface area contributed by atoms with Gasteiger partial charge in [0.1, 0.15) is 5.58 Å². The molecule has 0 unspecified atom stereocenters. The van der Waals surface area contributed by atoms with Crippen molar-refractivity contribution in [3.63, 3.8) is 0 Å². The van der Waals surface area contributed by atoms with E-state index in [1.54, 1.807) is 54.9 Å². The van der Waals surface area contributed by atoms with Gasteiger partial charge in [0.25, 0.3) is 5.91 Å². The van der Waals surface area contributed by atoms with Gasteiger partial charge in [0.15, 0.2) is 5.76 Å². The highest BCUT2D eigenvalue weighted by Crippen LogP contribution is 2.20. The van der Waals surface area contributed by atoms with Crippen LogP contribution in [0.2, 0.25) is 0 Å². The molecule has 2 N–H and O–H groups in total. The van der Waals surface area contributed by atoms with Crippen molar-refractivity contribution < 1.29 is 14.0 Å². The molecule has 0 bridgehead atoms. The number of hydrogen-bond donors (Lipinski definition) is 2. The van der Waals surface area contributed by atoms with E-state index in [1.165, 1.54) is 0 Å². The third-order valence-electron chi connectivity index (χ3n) is 4.19. The number of carbonyl (C=O) groups is 2. The second kappa shape index (κ2) is 7.75. The van der Waals surface area contributed by atoms with E-state index in [9.17, 15) is 9.59 Å². The number of hydrogen-bond acceptors (Lipinski definition) is 4. The summed E-state index contributed by atoms with van der Waals surface area (Å²) in [4.78, 5) is 28.4. The zero-order valence-electron chi connectivity index (χ0n) is 14.9. The normalized spacial score (nSPS) is 10.6. The van der Waals surface area contributed by atoms with Gasteiger partial charge in [-0.1, -0.05) is 30.3 Å². The van der Waals surface area contributed by atoms with Crippen molar-refractivity contribution >= 4 is 34.2 Å². The summed E-state index contributed by atoms with van der Waals surface area (Å²) in [7, 11) is 0. The molecule has 0 aliphatic rings. The minimum atomic E-state index is -0.320. The average molecular weight is 371 g/mol. The number of nitrogens with one attached hydrogen (secondary N) is 2. The van der Waals surface area contributed by atoms with Crippen LogP contribution in [0.3, 0.4) is 0 Å². The van der Waals surface area contributed by atoms with Crippen molar-refractivity contribution in [3.8, 4) is 0 Å². The maximum atomic E-state index is 12.4. The lowest BCUT2D eigenvalue weighted by Crippen LogP contribution is -2.14. The van der Waals surface area contributed by atoms with Gasteiger partial charge in [0.2, 0.25) is 5.91 Å². The molecule has 4 rings (SSSR count). The van der Waals surface area contributed by atoms with Gasteiger partial charge in [-0.25, -0.2) is 0 Å². The molecule has 0 aliphatic heterocycles. The number of nitrogens with zero attached hydrogens (tertiary/aromatic N) is 1. The fraction of sp³-hybridized carbons (Fsp3) is 0.0455. The molecule has 2 aromatic heterocycles. The highest BCUT2D eigenvalue weighted by Gasteiger charge is 2.12. The lowest BCUT2D eigenvalue weighted by atomic mass is 10.1. The number of pyridine rings is 1. The summed E-state index contributed by atoms with van der Waals surface area (Å²) in [5.74, 6) is -0.188. The predicted molar refractivity (Wildman–Crippen MR) is 107 cm³/mol. The summed E-state index contributed by atoms with van der Waals surface area (Å²) in [5.41, 5.74) is 2.84. The van der Waals surface area contributed by atoms with Crippen LogP contribution in [0.1, 0.15) is 16.1 Å². The van der Waals surface area contributed by atoms with Gasteiger partial charge in [-0.05, 0) is 42.0 Å². The number of anilines is 2. The molecule has 0 saturated heterocycles. The Hall–Kier alpha value is -3.93. The summed E-state index contributed by atoms with van der Waals surface area (Å²) in [5, 5.41) is 6.49. The number of aromatic nitrogens is 1. The largest absolute Gasteiger partial charge is 0.451 e. The Morgan fingerprint density at radius 1 is 0.857 bits per heavy atom. The lowest BCUT2D eigenvalue weighted by Gasteiger charge is -2.07. The van der Waals surface area contributed by atoms with E-state index < -0.39 is 0 Å². The first-order valence-corrected chi connectivity index (χ1v) is 8.76. The van der Waals surface area contributed by atoms with E-state index in [1.807, 2.05) is 24.3 Å². The van der Waals surface area contributed by atoms with Crippen molar-refractivity contribution in [2.24, 2.45) is 0 Å². The van der Waals surface area contributed by atoms with Crippen LogP contribution in [-0.4, -0.2) is 16.8 Å². The number of amides is 2. The van der Waals surface area contributed by atoms with E-state index in [0.717, 1.165) is 10.9 Å². The minimum absolute atomic E-state index is 0.120. The highest BCUT2D eigenvalue weighted by molar-refractivity contribution is 6.04. The molecular formula is C22H17N3O3. The van der Waals surface area contributed by atoms with Crippen LogP contribution in [0.5, 0.6) is 0 Å². The fourth-order valence-electron chi connectivity index (χ4n) is 2.82. The Labute approximate surface area is 161 Å².